The second-order valence-corrected chi connectivity index (χ2v) is 4.10. The second-order valence-electron chi connectivity index (χ2n) is 4.10. The van der Waals surface area contributed by atoms with E-state index in [0.717, 1.165) is 22.5 Å². The number of aromatic nitrogens is 2. The molecule has 1 heterocycles. The van der Waals surface area contributed by atoms with Crippen LogP contribution in [0.25, 0.3) is 0 Å². The zero-order chi connectivity index (χ0) is 12.4. The van der Waals surface area contributed by atoms with Crippen molar-refractivity contribution in [2.45, 2.75) is 20.4 Å². The van der Waals surface area contributed by atoms with Crippen LogP contribution in [0.5, 0.6) is 0 Å². The van der Waals surface area contributed by atoms with Crippen molar-refractivity contribution in [2.24, 2.45) is 0 Å². The lowest BCUT2D eigenvalue weighted by Gasteiger charge is -2.09. The number of hydrogen-bond acceptors (Lipinski definition) is 3. The number of benzene rings is 1. The van der Waals surface area contributed by atoms with Crippen molar-refractivity contribution in [3.63, 3.8) is 0 Å². The number of rotatable bonds is 2. The van der Waals surface area contributed by atoms with Gasteiger partial charge in [-0.1, -0.05) is 12.1 Å². The van der Waals surface area contributed by atoms with Gasteiger partial charge in [0.05, 0.1) is 12.2 Å². The zero-order valence-electron chi connectivity index (χ0n) is 9.97. The molecule has 0 aliphatic rings. The molecule has 0 bridgehead atoms. The van der Waals surface area contributed by atoms with Gasteiger partial charge in [-0.3, -0.25) is 4.79 Å². The normalized spacial score (nSPS) is 10.5. The molecule has 1 aromatic heterocycles. The third-order valence-corrected chi connectivity index (χ3v) is 2.81. The van der Waals surface area contributed by atoms with Gasteiger partial charge in [-0.15, -0.1) is 0 Å². The van der Waals surface area contributed by atoms with Crippen LogP contribution in [0.15, 0.2) is 35.1 Å². The summed E-state index contributed by atoms with van der Waals surface area (Å²) in [5.41, 5.74) is 9.32. The molecule has 2 N–H and O–H groups in total. The molecule has 0 aliphatic carbocycles. The van der Waals surface area contributed by atoms with Crippen molar-refractivity contribution in [3.05, 3.63) is 57.5 Å². The molecule has 0 spiro atoms. The van der Waals surface area contributed by atoms with E-state index < -0.39 is 0 Å². The van der Waals surface area contributed by atoms with Crippen LogP contribution in [0.3, 0.4) is 0 Å². The van der Waals surface area contributed by atoms with E-state index in [1.807, 2.05) is 32.0 Å². The molecular weight excluding hydrogens is 214 g/mol. The van der Waals surface area contributed by atoms with Gasteiger partial charge in [0, 0.05) is 11.8 Å². The summed E-state index contributed by atoms with van der Waals surface area (Å²) < 4.78 is 1.46. The van der Waals surface area contributed by atoms with Gasteiger partial charge >= 0.3 is 0 Å². The van der Waals surface area contributed by atoms with Crippen molar-refractivity contribution in [1.29, 1.82) is 0 Å². The third kappa shape index (κ3) is 2.36. The average molecular weight is 229 g/mol. The maximum atomic E-state index is 11.6. The standard InChI is InChI=1S/C13H15N3O/c1-9-6-7-13(17)16(15-9)8-11-4-3-5-12(14)10(11)2/h3-7H,8,14H2,1-2H3. The first-order valence-corrected chi connectivity index (χ1v) is 5.46. The smallest absolute Gasteiger partial charge is 0.267 e. The van der Waals surface area contributed by atoms with Crippen molar-refractivity contribution in [2.75, 3.05) is 5.73 Å². The average Bonchev–Trinajstić information content (AvgIpc) is 2.30. The Labute approximate surface area is 99.7 Å². The predicted molar refractivity (Wildman–Crippen MR) is 67.9 cm³/mol. The van der Waals surface area contributed by atoms with Crippen molar-refractivity contribution in [3.8, 4) is 0 Å². The molecule has 0 fully saturated rings. The van der Waals surface area contributed by atoms with E-state index in [1.54, 1.807) is 6.07 Å². The number of aryl methyl sites for hydroxylation is 1. The third-order valence-electron chi connectivity index (χ3n) is 2.81. The Hall–Kier alpha value is -2.10. The molecule has 0 atom stereocenters. The SMILES string of the molecule is Cc1ccc(=O)n(Cc2cccc(N)c2C)n1. The lowest BCUT2D eigenvalue weighted by Crippen LogP contribution is -2.23. The van der Waals surface area contributed by atoms with Gasteiger partial charge in [0.15, 0.2) is 0 Å². The van der Waals surface area contributed by atoms with Crippen LogP contribution < -0.4 is 11.3 Å². The molecule has 2 aromatic rings. The van der Waals surface area contributed by atoms with Crippen molar-refractivity contribution >= 4 is 5.69 Å². The first-order valence-electron chi connectivity index (χ1n) is 5.46. The number of nitrogens with two attached hydrogens (primary N) is 1. The largest absolute Gasteiger partial charge is 0.399 e. The van der Waals surface area contributed by atoms with E-state index in [1.165, 1.54) is 10.7 Å². The molecule has 0 saturated heterocycles. The van der Waals surface area contributed by atoms with Crippen LogP contribution in [-0.2, 0) is 6.54 Å². The summed E-state index contributed by atoms with van der Waals surface area (Å²) in [4.78, 5) is 11.6. The molecule has 0 amide bonds. The topological polar surface area (TPSA) is 60.9 Å². The minimum atomic E-state index is -0.0996. The lowest BCUT2D eigenvalue weighted by molar-refractivity contribution is 0.626. The summed E-state index contributed by atoms with van der Waals surface area (Å²) in [6.07, 6.45) is 0. The fourth-order valence-electron chi connectivity index (χ4n) is 1.70. The monoisotopic (exact) mass is 229 g/mol. The minimum Gasteiger partial charge on any atom is -0.399 e. The molecule has 17 heavy (non-hydrogen) atoms. The van der Waals surface area contributed by atoms with E-state index in [0.29, 0.717) is 6.54 Å². The van der Waals surface area contributed by atoms with Crippen LogP contribution >= 0.6 is 0 Å². The van der Waals surface area contributed by atoms with E-state index >= 15 is 0 Å². The van der Waals surface area contributed by atoms with Crippen LogP contribution in [-0.4, -0.2) is 9.78 Å². The fourth-order valence-corrected chi connectivity index (χ4v) is 1.70. The maximum Gasteiger partial charge on any atom is 0.267 e. The zero-order valence-corrected chi connectivity index (χ0v) is 9.97. The van der Waals surface area contributed by atoms with E-state index in [-0.39, 0.29) is 5.56 Å². The van der Waals surface area contributed by atoms with Crippen LogP contribution in [0.2, 0.25) is 0 Å². The summed E-state index contributed by atoms with van der Waals surface area (Å²) in [5, 5.41) is 4.20. The number of nitrogens with zero attached hydrogens (tertiary/aromatic N) is 2. The Balaban J connectivity index is 2.41. The highest BCUT2D eigenvalue weighted by molar-refractivity contribution is 5.49. The molecule has 88 valence electrons. The molecule has 0 unspecified atom stereocenters. The molecule has 1 aromatic carbocycles. The summed E-state index contributed by atoms with van der Waals surface area (Å²) in [7, 11) is 0. The van der Waals surface area contributed by atoms with E-state index in [2.05, 4.69) is 5.10 Å². The Morgan fingerprint density at radius 2 is 2.00 bits per heavy atom. The molecule has 0 aliphatic heterocycles. The van der Waals surface area contributed by atoms with Gasteiger partial charge in [-0.2, -0.15) is 5.10 Å². The molecule has 4 nitrogen and oxygen atoms in total. The van der Waals surface area contributed by atoms with E-state index in [9.17, 15) is 4.79 Å². The Kier molecular flexibility index (Phi) is 2.95. The van der Waals surface area contributed by atoms with Gasteiger partial charge in [-0.05, 0) is 37.1 Å². The maximum absolute atomic E-state index is 11.6. The summed E-state index contributed by atoms with van der Waals surface area (Å²) in [6.45, 7) is 4.27. The van der Waals surface area contributed by atoms with Gasteiger partial charge in [0.2, 0.25) is 0 Å². The minimum absolute atomic E-state index is 0.0996. The lowest BCUT2D eigenvalue weighted by atomic mass is 10.1. The van der Waals surface area contributed by atoms with E-state index in [4.69, 9.17) is 5.73 Å². The van der Waals surface area contributed by atoms with Gasteiger partial charge in [0.25, 0.3) is 5.56 Å². The molecular formula is C13H15N3O. The Morgan fingerprint density at radius 3 is 2.76 bits per heavy atom. The van der Waals surface area contributed by atoms with Gasteiger partial charge in [-0.25, -0.2) is 4.68 Å². The van der Waals surface area contributed by atoms with Crippen LogP contribution in [0, 0.1) is 13.8 Å². The fraction of sp³-hybridized carbons (Fsp3) is 0.231. The summed E-state index contributed by atoms with van der Waals surface area (Å²) in [6, 6.07) is 8.95. The predicted octanol–water partition coefficient (Wildman–Crippen LogP) is 1.49. The highest BCUT2D eigenvalue weighted by Gasteiger charge is 2.04. The number of nitrogen functional groups attached to an aromatic ring is 1. The highest BCUT2D eigenvalue weighted by atomic mass is 16.1. The Morgan fingerprint density at radius 1 is 1.24 bits per heavy atom. The molecule has 0 saturated carbocycles. The summed E-state index contributed by atoms with van der Waals surface area (Å²) >= 11 is 0. The molecule has 4 heteroatoms. The number of anilines is 1. The second kappa shape index (κ2) is 4.41. The van der Waals surface area contributed by atoms with Crippen molar-refractivity contribution < 1.29 is 0 Å². The molecule has 0 radical (unpaired) electrons. The number of hydrogen-bond donors (Lipinski definition) is 1. The van der Waals surface area contributed by atoms with Crippen LogP contribution in [0.1, 0.15) is 16.8 Å². The van der Waals surface area contributed by atoms with Gasteiger partial charge in [0.1, 0.15) is 0 Å². The molecule has 2 rings (SSSR count). The van der Waals surface area contributed by atoms with Gasteiger partial charge < -0.3 is 5.73 Å². The first-order chi connectivity index (χ1) is 8.08. The van der Waals surface area contributed by atoms with Crippen LogP contribution in [0.4, 0.5) is 5.69 Å². The highest BCUT2D eigenvalue weighted by Crippen LogP contribution is 2.15. The quantitative estimate of drug-likeness (QED) is 0.794. The Bertz CT molecular complexity index is 602. The van der Waals surface area contributed by atoms with Crippen molar-refractivity contribution in [1.82, 2.24) is 9.78 Å². The first kappa shape index (κ1) is 11.4. The summed E-state index contributed by atoms with van der Waals surface area (Å²) in [5.74, 6) is 0.